The van der Waals surface area contributed by atoms with E-state index in [0.29, 0.717) is 10.7 Å². The molecule has 0 radical (unpaired) electrons. The maximum absolute atomic E-state index is 11.7. The first-order valence-electron chi connectivity index (χ1n) is 6.86. The quantitative estimate of drug-likeness (QED) is 0.540. The molecule has 2 aromatic heterocycles. The number of aromatic nitrogens is 4. The fourth-order valence-corrected chi connectivity index (χ4v) is 3.17. The molecule has 2 heterocycles. The highest BCUT2D eigenvalue weighted by Gasteiger charge is 2.13. The first kappa shape index (κ1) is 13.7. The number of para-hydroxylation sites is 2. The first-order chi connectivity index (χ1) is 11.3. The van der Waals surface area contributed by atoms with E-state index in [-0.39, 0.29) is 0 Å². The van der Waals surface area contributed by atoms with Gasteiger partial charge in [-0.15, -0.1) is 5.10 Å². The summed E-state index contributed by atoms with van der Waals surface area (Å²) >= 11 is 1.33. The van der Waals surface area contributed by atoms with Crippen LogP contribution in [0.15, 0.2) is 79.9 Å². The second-order valence-corrected chi connectivity index (χ2v) is 5.75. The van der Waals surface area contributed by atoms with Crippen LogP contribution in [0.4, 0.5) is 0 Å². The van der Waals surface area contributed by atoms with Crippen molar-refractivity contribution in [2.75, 3.05) is 0 Å². The summed E-state index contributed by atoms with van der Waals surface area (Å²) in [4.78, 5) is 12.5. The molecule has 6 nitrogen and oxygen atoms in total. The van der Waals surface area contributed by atoms with E-state index in [1.54, 1.807) is 10.7 Å². The van der Waals surface area contributed by atoms with Crippen LogP contribution < -0.4 is 5.63 Å². The molecule has 0 spiro atoms. The van der Waals surface area contributed by atoms with Gasteiger partial charge in [0, 0.05) is 16.3 Å². The number of fused-ring (bicyclic) bond motifs is 1. The molecule has 112 valence electrons. The zero-order valence-corrected chi connectivity index (χ0v) is 12.6. The van der Waals surface area contributed by atoms with Gasteiger partial charge in [-0.25, -0.2) is 4.79 Å². The van der Waals surface area contributed by atoms with Crippen molar-refractivity contribution in [3.63, 3.8) is 0 Å². The molecule has 0 N–H and O–H groups in total. The topological polar surface area (TPSA) is 73.8 Å². The Bertz CT molecular complexity index is 1030. The molecular formula is C16H10N4O2S. The van der Waals surface area contributed by atoms with Crippen LogP contribution in [0.5, 0.6) is 0 Å². The maximum atomic E-state index is 11.7. The predicted molar refractivity (Wildman–Crippen MR) is 85.8 cm³/mol. The minimum atomic E-state index is -0.398. The number of hydrogen-bond donors (Lipinski definition) is 0. The van der Waals surface area contributed by atoms with Gasteiger partial charge < -0.3 is 4.42 Å². The molecule has 0 aliphatic heterocycles. The molecule has 0 fully saturated rings. The molecule has 4 rings (SSSR count). The van der Waals surface area contributed by atoms with Crippen LogP contribution >= 0.6 is 11.8 Å². The molecule has 0 atom stereocenters. The van der Waals surface area contributed by atoms with E-state index in [9.17, 15) is 4.79 Å². The molecule has 2 aromatic carbocycles. The molecule has 23 heavy (non-hydrogen) atoms. The molecular weight excluding hydrogens is 312 g/mol. The van der Waals surface area contributed by atoms with Crippen LogP contribution in [0.2, 0.25) is 0 Å². The van der Waals surface area contributed by atoms with Crippen molar-refractivity contribution in [1.29, 1.82) is 0 Å². The molecule has 0 bridgehead atoms. The number of nitrogens with zero attached hydrogens (tertiary/aromatic N) is 4. The lowest BCUT2D eigenvalue weighted by Gasteiger charge is -2.05. The normalized spacial score (nSPS) is 11.0. The molecule has 0 saturated heterocycles. The summed E-state index contributed by atoms with van der Waals surface area (Å²) in [5.41, 5.74) is 0.999. The highest BCUT2D eigenvalue weighted by molar-refractivity contribution is 7.99. The van der Waals surface area contributed by atoms with Gasteiger partial charge in [0.1, 0.15) is 5.58 Å². The van der Waals surface area contributed by atoms with Crippen molar-refractivity contribution >= 4 is 22.7 Å². The second-order valence-electron chi connectivity index (χ2n) is 4.74. The van der Waals surface area contributed by atoms with Gasteiger partial charge >= 0.3 is 5.63 Å². The van der Waals surface area contributed by atoms with Gasteiger partial charge in [0.05, 0.1) is 5.69 Å². The zero-order chi connectivity index (χ0) is 15.6. The summed E-state index contributed by atoms with van der Waals surface area (Å²) < 4.78 is 6.84. The van der Waals surface area contributed by atoms with E-state index in [4.69, 9.17) is 4.42 Å². The Hall–Kier alpha value is -2.93. The Morgan fingerprint density at radius 3 is 2.65 bits per heavy atom. The Morgan fingerprint density at radius 2 is 1.78 bits per heavy atom. The van der Waals surface area contributed by atoms with Crippen LogP contribution in [-0.2, 0) is 0 Å². The lowest BCUT2D eigenvalue weighted by Crippen LogP contribution is -2.00. The summed E-state index contributed by atoms with van der Waals surface area (Å²) in [6.07, 6.45) is 0. The molecule has 0 aliphatic carbocycles. The van der Waals surface area contributed by atoms with Crippen molar-refractivity contribution in [3.8, 4) is 5.69 Å². The Labute approximate surface area is 134 Å². The van der Waals surface area contributed by atoms with Gasteiger partial charge in [0.2, 0.25) is 5.16 Å². The highest BCUT2D eigenvalue weighted by Crippen LogP contribution is 2.31. The molecule has 0 amide bonds. The third kappa shape index (κ3) is 2.62. The van der Waals surface area contributed by atoms with Gasteiger partial charge in [-0.3, -0.25) is 0 Å². The van der Waals surface area contributed by atoms with E-state index in [2.05, 4.69) is 15.5 Å². The smallest absolute Gasteiger partial charge is 0.337 e. The molecule has 7 heteroatoms. The third-order valence-electron chi connectivity index (χ3n) is 3.25. The van der Waals surface area contributed by atoms with Crippen molar-refractivity contribution in [2.24, 2.45) is 0 Å². The van der Waals surface area contributed by atoms with Gasteiger partial charge in [-0.05, 0) is 40.4 Å². The minimum absolute atomic E-state index is 0.398. The van der Waals surface area contributed by atoms with Crippen LogP contribution in [0.25, 0.3) is 16.7 Å². The summed E-state index contributed by atoms with van der Waals surface area (Å²) in [7, 11) is 0. The summed E-state index contributed by atoms with van der Waals surface area (Å²) in [5, 5.41) is 13.2. The van der Waals surface area contributed by atoms with Crippen molar-refractivity contribution in [1.82, 2.24) is 20.2 Å². The average molecular weight is 322 g/mol. The molecule has 0 saturated carbocycles. The fourth-order valence-electron chi connectivity index (χ4n) is 2.24. The van der Waals surface area contributed by atoms with E-state index in [1.165, 1.54) is 17.8 Å². The van der Waals surface area contributed by atoms with Gasteiger partial charge in [0.25, 0.3) is 0 Å². The summed E-state index contributed by atoms with van der Waals surface area (Å²) in [6, 6.07) is 18.4. The number of benzene rings is 2. The summed E-state index contributed by atoms with van der Waals surface area (Å²) in [6.45, 7) is 0. The fraction of sp³-hybridized carbons (Fsp3) is 0. The third-order valence-corrected chi connectivity index (χ3v) is 4.25. The second kappa shape index (κ2) is 5.69. The Morgan fingerprint density at radius 1 is 1.00 bits per heavy atom. The van der Waals surface area contributed by atoms with Crippen LogP contribution in [0.1, 0.15) is 0 Å². The van der Waals surface area contributed by atoms with Crippen LogP contribution in [0, 0.1) is 0 Å². The van der Waals surface area contributed by atoms with E-state index >= 15 is 0 Å². The van der Waals surface area contributed by atoms with Crippen LogP contribution in [0.3, 0.4) is 0 Å². The highest BCUT2D eigenvalue weighted by atomic mass is 32.2. The van der Waals surface area contributed by atoms with Gasteiger partial charge in [-0.2, -0.15) is 4.68 Å². The first-order valence-corrected chi connectivity index (χ1v) is 7.67. The van der Waals surface area contributed by atoms with Crippen molar-refractivity contribution in [3.05, 3.63) is 71.1 Å². The van der Waals surface area contributed by atoms with E-state index < -0.39 is 5.63 Å². The maximum Gasteiger partial charge on any atom is 0.337 e. The SMILES string of the molecule is O=c1cc(Sc2nnnn2-c2ccccc2)c2ccccc2o1. The zero-order valence-electron chi connectivity index (χ0n) is 11.8. The number of tetrazole rings is 1. The van der Waals surface area contributed by atoms with Crippen molar-refractivity contribution in [2.45, 2.75) is 10.1 Å². The Balaban J connectivity index is 1.81. The minimum Gasteiger partial charge on any atom is -0.423 e. The number of hydrogen-bond acceptors (Lipinski definition) is 6. The molecule has 4 aromatic rings. The summed E-state index contributed by atoms with van der Waals surface area (Å²) in [5.74, 6) is 0. The van der Waals surface area contributed by atoms with E-state index in [1.807, 2.05) is 48.5 Å². The molecule has 0 aliphatic rings. The van der Waals surface area contributed by atoms with E-state index in [0.717, 1.165) is 16.0 Å². The lowest BCUT2D eigenvalue weighted by molar-refractivity contribution is 0.557. The standard InChI is InChI=1S/C16H10N4O2S/c21-15-10-14(12-8-4-5-9-13(12)22-15)23-16-17-18-19-20(16)11-6-2-1-3-7-11/h1-10H. The predicted octanol–water partition coefficient (Wildman–Crippen LogP) is 2.92. The van der Waals surface area contributed by atoms with Crippen LogP contribution in [-0.4, -0.2) is 20.2 Å². The number of rotatable bonds is 3. The average Bonchev–Trinajstić information content (AvgIpc) is 3.04. The van der Waals surface area contributed by atoms with Gasteiger partial charge in [0.15, 0.2) is 0 Å². The van der Waals surface area contributed by atoms with Crippen molar-refractivity contribution < 1.29 is 4.42 Å². The molecule has 0 unspecified atom stereocenters. The monoisotopic (exact) mass is 322 g/mol. The lowest BCUT2D eigenvalue weighted by atomic mass is 10.2. The van der Waals surface area contributed by atoms with Gasteiger partial charge in [-0.1, -0.05) is 36.4 Å². The largest absolute Gasteiger partial charge is 0.423 e. The Kier molecular flexibility index (Phi) is 3.39.